The number of carbonyl (C=O) groups is 2. The predicted molar refractivity (Wildman–Crippen MR) is 131 cm³/mol. The lowest BCUT2D eigenvalue weighted by Gasteiger charge is -2.39. The minimum Gasteiger partial charge on any atom is -0.497 e. The number of carbonyl (C=O) groups excluding carboxylic acids is 2. The minimum absolute atomic E-state index is 0.0986. The van der Waals surface area contributed by atoms with Gasteiger partial charge in [-0.15, -0.1) is 0 Å². The molecule has 2 aromatic carbocycles. The van der Waals surface area contributed by atoms with Crippen molar-refractivity contribution in [3.8, 4) is 11.5 Å². The Morgan fingerprint density at radius 2 is 1.68 bits per heavy atom. The van der Waals surface area contributed by atoms with E-state index in [1.807, 2.05) is 58.3 Å². The number of benzene rings is 2. The van der Waals surface area contributed by atoms with Gasteiger partial charge in [0, 0.05) is 51.4 Å². The first-order valence-corrected chi connectivity index (χ1v) is 12.1. The summed E-state index contributed by atoms with van der Waals surface area (Å²) in [6, 6.07) is 15.7. The van der Waals surface area contributed by atoms with Gasteiger partial charge < -0.3 is 19.3 Å². The van der Waals surface area contributed by atoms with Gasteiger partial charge in [0.1, 0.15) is 11.5 Å². The number of piperidine rings is 1. The standard InChI is InChI=1S/C27H35N3O4/c1-33-24-10-11-25(34-2)23(18-24)19-28-13-15-29(16-14-28)27(32)22-9-6-12-30(20-22)26(31)17-21-7-4-3-5-8-21/h3-5,7-8,10-11,18,22H,6,9,12-17,19-20H2,1-2H3. The third kappa shape index (κ3) is 5.89. The first kappa shape index (κ1) is 24.1. The highest BCUT2D eigenvalue weighted by Crippen LogP contribution is 2.26. The van der Waals surface area contributed by atoms with Crippen LogP contribution in [-0.4, -0.2) is 80.0 Å². The first-order valence-electron chi connectivity index (χ1n) is 12.1. The van der Waals surface area contributed by atoms with Gasteiger partial charge in [0.2, 0.25) is 11.8 Å². The third-order valence-electron chi connectivity index (χ3n) is 6.89. The number of ether oxygens (including phenoxy) is 2. The molecule has 0 aromatic heterocycles. The molecule has 1 unspecified atom stereocenters. The Balaban J connectivity index is 1.29. The molecule has 0 N–H and O–H groups in total. The Bertz CT molecular complexity index is 973. The number of nitrogens with zero attached hydrogens (tertiary/aromatic N) is 3. The first-order chi connectivity index (χ1) is 16.6. The van der Waals surface area contributed by atoms with Gasteiger partial charge >= 0.3 is 0 Å². The molecular formula is C27H35N3O4. The molecule has 2 fully saturated rings. The average molecular weight is 466 g/mol. The summed E-state index contributed by atoms with van der Waals surface area (Å²) in [6.45, 7) is 5.08. The summed E-state index contributed by atoms with van der Waals surface area (Å²) in [4.78, 5) is 32.3. The fourth-order valence-corrected chi connectivity index (χ4v) is 4.92. The molecule has 2 amide bonds. The fourth-order valence-electron chi connectivity index (χ4n) is 4.92. The van der Waals surface area contributed by atoms with E-state index in [0.717, 1.165) is 61.6 Å². The van der Waals surface area contributed by atoms with Crippen molar-refractivity contribution in [1.82, 2.24) is 14.7 Å². The maximum Gasteiger partial charge on any atom is 0.227 e. The van der Waals surface area contributed by atoms with E-state index in [0.29, 0.717) is 26.1 Å². The van der Waals surface area contributed by atoms with Crippen molar-refractivity contribution in [1.29, 1.82) is 0 Å². The molecule has 0 radical (unpaired) electrons. The molecule has 34 heavy (non-hydrogen) atoms. The van der Waals surface area contributed by atoms with Crippen LogP contribution in [0.1, 0.15) is 24.0 Å². The number of likely N-dealkylation sites (tertiary alicyclic amines) is 1. The molecule has 4 rings (SSSR count). The normalized spacial score (nSPS) is 19.1. The summed E-state index contributed by atoms with van der Waals surface area (Å²) in [5, 5.41) is 0. The zero-order valence-electron chi connectivity index (χ0n) is 20.2. The number of hydrogen-bond donors (Lipinski definition) is 0. The van der Waals surface area contributed by atoms with Gasteiger partial charge in [-0.05, 0) is 36.6 Å². The predicted octanol–water partition coefficient (Wildman–Crippen LogP) is 2.83. The van der Waals surface area contributed by atoms with E-state index in [2.05, 4.69) is 4.90 Å². The summed E-state index contributed by atoms with van der Waals surface area (Å²) in [6.07, 6.45) is 2.13. The van der Waals surface area contributed by atoms with Crippen molar-refractivity contribution in [3.05, 3.63) is 59.7 Å². The molecule has 182 valence electrons. The van der Waals surface area contributed by atoms with Gasteiger partial charge in [0.25, 0.3) is 0 Å². The maximum atomic E-state index is 13.3. The Hall–Kier alpha value is -3.06. The SMILES string of the molecule is COc1ccc(OC)c(CN2CCN(C(=O)C3CCCN(C(=O)Cc4ccccc4)C3)CC2)c1. The lowest BCUT2D eigenvalue weighted by molar-refractivity contribution is -0.142. The molecule has 0 aliphatic carbocycles. The molecule has 2 aromatic rings. The molecule has 2 aliphatic rings. The van der Waals surface area contributed by atoms with Crippen LogP contribution in [0, 0.1) is 5.92 Å². The summed E-state index contributed by atoms with van der Waals surface area (Å²) >= 11 is 0. The molecule has 0 bridgehead atoms. The van der Waals surface area contributed by atoms with E-state index in [-0.39, 0.29) is 17.7 Å². The Kier molecular flexibility index (Phi) is 8.06. The molecule has 7 heteroatoms. The van der Waals surface area contributed by atoms with Gasteiger partial charge in [-0.25, -0.2) is 0 Å². The third-order valence-corrected chi connectivity index (χ3v) is 6.89. The van der Waals surface area contributed by atoms with Crippen LogP contribution in [0.4, 0.5) is 0 Å². The topological polar surface area (TPSA) is 62.3 Å². The summed E-state index contributed by atoms with van der Waals surface area (Å²) in [7, 11) is 3.34. The van der Waals surface area contributed by atoms with E-state index < -0.39 is 0 Å². The van der Waals surface area contributed by atoms with Crippen LogP contribution in [0.3, 0.4) is 0 Å². The highest BCUT2D eigenvalue weighted by molar-refractivity contribution is 5.82. The van der Waals surface area contributed by atoms with Crippen molar-refractivity contribution < 1.29 is 19.1 Å². The number of methoxy groups -OCH3 is 2. The Labute approximate surface area is 202 Å². The molecule has 2 heterocycles. The smallest absolute Gasteiger partial charge is 0.227 e. The second kappa shape index (κ2) is 11.4. The molecule has 1 atom stereocenters. The minimum atomic E-state index is -0.0986. The molecule has 0 spiro atoms. The van der Waals surface area contributed by atoms with Crippen molar-refractivity contribution in [2.45, 2.75) is 25.8 Å². The highest BCUT2D eigenvalue weighted by atomic mass is 16.5. The van der Waals surface area contributed by atoms with Gasteiger partial charge in [0.15, 0.2) is 0 Å². The second-order valence-corrected chi connectivity index (χ2v) is 9.12. The van der Waals surface area contributed by atoms with Crippen LogP contribution in [0.2, 0.25) is 0 Å². The zero-order valence-corrected chi connectivity index (χ0v) is 20.2. The molecule has 0 saturated carbocycles. The van der Waals surface area contributed by atoms with Crippen LogP contribution in [-0.2, 0) is 22.6 Å². The van der Waals surface area contributed by atoms with Gasteiger partial charge in [-0.1, -0.05) is 30.3 Å². The van der Waals surface area contributed by atoms with Gasteiger partial charge in [-0.3, -0.25) is 14.5 Å². The van der Waals surface area contributed by atoms with Crippen LogP contribution >= 0.6 is 0 Å². The molecular weight excluding hydrogens is 430 g/mol. The Morgan fingerprint density at radius 3 is 2.38 bits per heavy atom. The molecule has 7 nitrogen and oxygen atoms in total. The number of amides is 2. The van der Waals surface area contributed by atoms with Crippen LogP contribution in [0.25, 0.3) is 0 Å². The van der Waals surface area contributed by atoms with Crippen molar-refractivity contribution in [2.24, 2.45) is 5.92 Å². The van der Waals surface area contributed by atoms with E-state index in [4.69, 9.17) is 9.47 Å². The fraction of sp³-hybridized carbons (Fsp3) is 0.481. The highest BCUT2D eigenvalue weighted by Gasteiger charge is 2.32. The lowest BCUT2D eigenvalue weighted by Crippen LogP contribution is -2.52. The zero-order chi connectivity index (χ0) is 23.9. The van der Waals surface area contributed by atoms with E-state index >= 15 is 0 Å². The summed E-state index contributed by atoms with van der Waals surface area (Å²) in [5.74, 6) is 1.87. The van der Waals surface area contributed by atoms with Crippen molar-refractivity contribution >= 4 is 11.8 Å². The maximum absolute atomic E-state index is 13.3. The number of piperazine rings is 1. The van der Waals surface area contributed by atoms with Crippen LogP contribution in [0.15, 0.2) is 48.5 Å². The molecule has 2 saturated heterocycles. The number of rotatable bonds is 7. The average Bonchev–Trinajstić information content (AvgIpc) is 2.89. The van der Waals surface area contributed by atoms with E-state index in [1.165, 1.54) is 0 Å². The van der Waals surface area contributed by atoms with Crippen molar-refractivity contribution in [2.75, 3.05) is 53.5 Å². The van der Waals surface area contributed by atoms with Crippen molar-refractivity contribution in [3.63, 3.8) is 0 Å². The monoisotopic (exact) mass is 465 g/mol. The quantitative estimate of drug-likeness (QED) is 0.629. The lowest BCUT2D eigenvalue weighted by atomic mass is 9.95. The largest absolute Gasteiger partial charge is 0.497 e. The van der Waals surface area contributed by atoms with E-state index in [9.17, 15) is 9.59 Å². The van der Waals surface area contributed by atoms with Gasteiger partial charge in [-0.2, -0.15) is 0 Å². The second-order valence-electron chi connectivity index (χ2n) is 9.12. The number of hydrogen-bond acceptors (Lipinski definition) is 5. The van der Waals surface area contributed by atoms with Crippen LogP contribution in [0.5, 0.6) is 11.5 Å². The van der Waals surface area contributed by atoms with E-state index in [1.54, 1.807) is 14.2 Å². The Morgan fingerprint density at radius 1 is 0.912 bits per heavy atom. The molecule has 2 aliphatic heterocycles. The van der Waals surface area contributed by atoms with Crippen LogP contribution < -0.4 is 9.47 Å². The van der Waals surface area contributed by atoms with Gasteiger partial charge in [0.05, 0.1) is 26.6 Å². The summed E-state index contributed by atoms with van der Waals surface area (Å²) < 4.78 is 10.9. The summed E-state index contributed by atoms with van der Waals surface area (Å²) in [5.41, 5.74) is 2.10.